The van der Waals surface area contributed by atoms with E-state index in [0.29, 0.717) is 11.4 Å². The van der Waals surface area contributed by atoms with E-state index in [1.54, 1.807) is 24.3 Å². The van der Waals surface area contributed by atoms with Crippen LogP contribution in [0.3, 0.4) is 0 Å². The first-order chi connectivity index (χ1) is 10.5. The smallest absolute Gasteiger partial charge is 0.411 e. The Hall–Kier alpha value is -3.03. The van der Waals surface area contributed by atoms with Crippen LogP contribution < -0.4 is 10.6 Å². The zero-order valence-corrected chi connectivity index (χ0v) is 12.3. The summed E-state index contributed by atoms with van der Waals surface area (Å²) in [7, 11) is 3.64. The summed E-state index contributed by atoms with van der Waals surface area (Å²) in [6.45, 7) is 0. The first kappa shape index (κ1) is 17.0. The van der Waals surface area contributed by atoms with E-state index in [9.17, 15) is 14.4 Å². The van der Waals surface area contributed by atoms with Crippen LogP contribution in [-0.4, -0.2) is 39.4 Å². The summed E-state index contributed by atoms with van der Waals surface area (Å²) in [5, 5.41) is 5.21. The highest BCUT2D eigenvalue weighted by Crippen LogP contribution is 2.16. The van der Waals surface area contributed by atoms with E-state index in [2.05, 4.69) is 24.8 Å². The minimum absolute atomic E-state index is 0.0805. The Morgan fingerprint density at radius 1 is 0.864 bits per heavy atom. The number of rotatable bonds is 5. The van der Waals surface area contributed by atoms with Gasteiger partial charge in [0.25, 0.3) is 0 Å². The molecule has 0 atom stereocenters. The van der Waals surface area contributed by atoms with E-state index in [1.807, 2.05) is 0 Å². The summed E-state index contributed by atoms with van der Waals surface area (Å²) in [5.74, 6) is -1.42. The Bertz CT molecular complexity index is 580. The quantitative estimate of drug-likeness (QED) is 0.482. The van der Waals surface area contributed by atoms with Crippen LogP contribution >= 0.6 is 0 Å². The lowest BCUT2D eigenvalue weighted by atomic mass is 10.2. The van der Waals surface area contributed by atoms with Crippen molar-refractivity contribution in [1.29, 1.82) is 0 Å². The minimum atomic E-state index is -0.720. The topological polar surface area (TPSA) is 103 Å². The number of nitrogens with one attached hydrogen (secondary N) is 2. The minimum Gasteiger partial charge on any atom is -0.466 e. The molecule has 0 saturated heterocycles. The lowest BCUT2D eigenvalue weighted by molar-refractivity contribution is -0.138. The SMILES string of the molecule is COC(=O)/C=C(/Nc1ccc(NC(=O)OC)cc1)C(=O)OC. The lowest BCUT2D eigenvalue weighted by Crippen LogP contribution is -2.15. The molecule has 1 aromatic rings. The van der Waals surface area contributed by atoms with Gasteiger partial charge in [-0.3, -0.25) is 5.32 Å². The van der Waals surface area contributed by atoms with Crippen LogP contribution in [-0.2, 0) is 23.8 Å². The number of anilines is 2. The zero-order chi connectivity index (χ0) is 16.5. The highest BCUT2D eigenvalue weighted by atomic mass is 16.5. The van der Waals surface area contributed by atoms with E-state index in [0.717, 1.165) is 6.08 Å². The summed E-state index contributed by atoms with van der Waals surface area (Å²) >= 11 is 0. The maximum Gasteiger partial charge on any atom is 0.411 e. The molecule has 0 spiro atoms. The summed E-state index contributed by atoms with van der Waals surface area (Å²) < 4.78 is 13.5. The zero-order valence-electron chi connectivity index (χ0n) is 12.3. The maximum atomic E-state index is 11.6. The lowest BCUT2D eigenvalue weighted by Gasteiger charge is -2.10. The van der Waals surface area contributed by atoms with Crippen molar-refractivity contribution in [2.24, 2.45) is 0 Å². The van der Waals surface area contributed by atoms with Gasteiger partial charge in [-0.25, -0.2) is 14.4 Å². The van der Waals surface area contributed by atoms with Crippen molar-refractivity contribution in [1.82, 2.24) is 0 Å². The van der Waals surface area contributed by atoms with Crippen LogP contribution in [0.2, 0.25) is 0 Å². The van der Waals surface area contributed by atoms with Crippen LogP contribution in [0, 0.1) is 0 Å². The molecule has 1 rings (SSSR count). The summed E-state index contributed by atoms with van der Waals surface area (Å²) in [6.07, 6.45) is 0.383. The molecule has 8 nitrogen and oxygen atoms in total. The van der Waals surface area contributed by atoms with Crippen molar-refractivity contribution in [3.63, 3.8) is 0 Å². The predicted octanol–water partition coefficient (Wildman–Crippen LogP) is 1.51. The third kappa shape index (κ3) is 5.16. The second-order valence-corrected chi connectivity index (χ2v) is 3.89. The number of hydrogen-bond acceptors (Lipinski definition) is 7. The number of ether oxygens (including phenoxy) is 3. The summed E-state index contributed by atoms with van der Waals surface area (Å²) in [4.78, 5) is 33.9. The molecule has 0 aliphatic heterocycles. The average Bonchev–Trinajstić information content (AvgIpc) is 2.54. The van der Waals surface area contributed by atoms with Gasteiger partial charge in [0, 0.05) is 11.4 Å². The van der Waals surface area contributed by atoms with Crippen molar-refractivity contribution in [2.45, 2.75) is 0 Å². The molecule has 0 unspecified atom stereocenters. The van der Waals surface area contributed by atoms with Crippen molar-refractivity contribution in [3.05, 3.63) is 36.0 Å². The van der Waals surface area contributed by atoms with Crippen LogP contribution in [0.15, 0.2) is 36.0 Å². The fourth-order valence-corrected chi connectivity index (χ4v) is 1.39. The van der Waals surface area contributed by atoms with Crippen molar-refractivity contribution >= 4 is 29.4 Å². The third-order valence-corrected chi connectivity index (χ3v) is 2.46. The maximum absolute atomic E-state index is 11.6. The van der Waals surface area contributed by atoms with Crippen molar-refractivity contribution in [3.8, 4) is 0 Å². The predicted molar refractivity (Wildman–Crippen MR) is 78.2 cm³/mol. The van der Waals surface area contributed by atoms with Gasteiger partial charge < -0.3 is 19.5 Å². The Morgan fingerprint density at radius 2 is 1.41 bits per heavy atom. The molecular weight excluding hydrogens is 292 g/mol. The third-order valence-electron chi connectivity index (χ3n) is 2.46. The normalized spacial score (nSPS) is 10.4. The van der Waals surface area contributed by atoms with E-state index in [1.165, 1.54) is 21.3 Å². The van der Waals surface area contributed by atoms with Gasteiger partial charge in [-0.15, -0.1) is 0 Å². The molecule has 1 amide bonds. The Morgan fingerprint density at radius 3 is 1.86 bits per heavy atom. The number of esters is 2. The monoisotopic (exact) mass is 308 g/mol. The molecule has 0 aliphatic rings. The first-order valence-electron chi connectivity index (χ1n) is 6.10. The Labute approximate surface area is 127 Å². The average molecular weight is 308 g/mol. The van der Waals surface area contributed by atoms with Gasteiger partial charge in [-0.1, -0.05) is 0 Å². The van der Waals surface area contributed by atoms with Crippen molar-refractivity contribution < 1.29 is 28.6 Å². The molecule has 2 N–H and O–H groups in total. The van der Waals surface area contributed by atoms with Crippen LogP contribution in [0.5, 0.6) is 0 Å². The largest absolute Gasteiger partial charge is 0.466 e. The second-order valence-electron chi connectivity index (χ2n) is 3.89. The van der Waals surface area contributed by atoms with Crippen LogP contribution in [0.25, 0.3) is 0 Å². The highest BCUT2D eigenvalue weighted by Gasteiger charge is 2.12. The van der Waals surface area contributed by atoms with Crippen LogP contribution in [0.1, 0.15) is 0 Å². The number of methoxy groups -OCH3 is 3. The number of carbonyl (C=O) groups is 3. The molecule has 0 aliphatic carbocycles. The summed E-state index contributed by atoms with van der Waals surface area (Å²) in [5.41, 5.74) is 0.938. The second kappa shape index (κ2) is 8.30. The Kier molecular flexibility index (Phi) is 6.42. The molecule has 22 heavy (non-hydrogen) atoms. The molecule has 0 aromatic heterocycles. The number of amides is 1. The first-order valence-corrected chi connectivity index (χ1v) is 6.10. The van der Waals surface area contributed by atoms with E-state index < -0.39 is 18.0 Å². The van der Waals surface area contributed by atoms with Gasteiger partial charge in [-0.2, -0.15) is 0 Å². The Balaban J connectivity index is 2.86. The molecule has 8 heteroatoms. The van der Waals surface area contributed by atoms with Crippen molar-refractivity contribution in [2.75, 3.05) is 32.0 Å². The summed E-state index contributed by atoms with van der Waals surface area (Å²) in [6, 6.07) is 6.37. The fourth-order valence-electron chi connectivity index (χ4n) is 1.39. The van der Waals surface area contributed by atoms with Gasteiger partial charge in [0.15, 0.2) is 0 Å². The molecular formula is C14H16N2O6. The highest BCUT2D eigenvalue weighted by molar-refractivity contribution is 5.98. The van der Waals surface area contributed by atoms with E-state index >= 15 is 0 Å². The fraction of sp³-hybridized carbons (Fsp3) is 0.214. The standard InChI is InChI=1S/C14H16N2O6/c1-20-12(17)8-11(13(18)21-2)15-9-4-6-10(7-5-9)16-14(19)22-3/h4-8,15H,1-3H3,(H,16,19)/b11-8+. The van der Waals surface area contributed by atoms with Gasteiger partial charge in [0.1, 0.15) is 5.70 Å². The molecule has 1 aromatic carbocycles. The van der Waals surface area contributed by atoms with Gasteiger partial charge in [0.2, 0.25) is 0 Å². The molecule has 0 heterocycles. The van der Waals surface area contributed by atoms with Gasteiger partial charge in [0.05, 0.1) is 27.4 Å². The molecule has 118 valence electrons. The van der Waals surface area contributed by atoms with E-state index in [4.69, 9.17) is 0 Å². The molecule has 0 bridgehead atoms. The number of hydrogen-bond donors (Lipinski definition) is 2. The number of benzene rings is 1. The van der Waals surface area contributed by atoms with E-state index in [-0.39, 0.29) is 5.70 Å². The molecule has 0 radical (unpaired) electrons. The number of carbonyl (C=O) groups excluding carboxylic acids is 3. The van der Waals surface area contributed by atoms with Crippen LogP contribution in [0.4, 0.5) is 16.2 Å². The molecule has 0 saturated carbocycles. The van der Waals surface area contributed by atoms with Gasteiger partial charge >= 0.3 is 18.0 Å². The molecule has 0 fully saturated rings. The van der Waals surface area contributed by atoms with Gasteiger partial charge in [-0.05, 0) is 24.3 Å².